The van der Waals surface area contributed by atoms with E-state index in [0.29, 0.717) is 0 Å². The molecule has 5 nitrogen and oxygen atoms in total. The summed E-state index contributed by atoms with van der Waals surface area (Å²) in [5.74, 6) is 1.77. The summed E-state index contributed by atoms with van der Waals surface area (Å²) < 4.78 is 5.47. The standard InChI is InChI=1S/C20H26N4OS.C2H6/c1-20(2,26-16-7-8-16)17-13-18(24-9-11-25-12-10-24)23-19(22-17)14-3-5-15(21)6-4-14;1-2/h3-6,13,16H,7-12,21H2,1-2H3;1-2H3. The Morgan fingerprint density at radius 3 is 2.32 bits per heavy atom. The number of hydrogen-bond acceptors (Lipinski definition) is 6. The Labute approximate surface area is 173 Å². The normalized spacial score (nSPS) is 17.1. The first-order valence-corrected chi connectivity index (χ1v) is 11.2. The number of anilines is 2. The van der Waals surface area contributed by atoms with Crippen molar-refractivity contribution in [1.29, 1.82) is 0 Å². The van der Waals surface area contributed by atoms with Crippen LogP contribution in [-0.2, 0) is 9.48 Å². The molecule has 1 aromatic carbocycles. The topological polar surface area (TPSA) is 64.3 Å². The van der Waals surface area contributed by atoms with E-state index in [-0.39, 0.29) is 4.75 Å². The Balaban J connectivity index is 0.00000109. The maximum atomic E-state index is 5.85. The zero-order valence-corrected chi connectivity index (χ0v) is 18.3. The third-order valence-electron chi connectivity index (χ3n) is 4.82. The van der Waals surface area contributed by atoms with Crippen LogP contribution in [-0.4, -0.2) is 41.5 Å². The first-order valence-electron chi connectivity index (χ1n) is 10.3. The molecule has 0 unspecified atom stereocenters. The van der Waals surface area contributed by atoms with E-state index in [1.54, 1.807) is 0 Å². The molecule has 1 saturated carbocycles. The molecule has 4 rings (SSSR count). The fourth-order valence-corrected chi connectivity index (χ4v) is 4.55. The van der Waals surface area contributed by atoms with E-state index in [2.05, 4.69) is 24.8 Å². The van der Waals surface area contributed by atoms with Crippen LogP contribution in [0.5, 0.6) is 0 Å². The lowest BCUT2D eigenvalue weighted by Crippen LogP contribution is -2.37. The summed E-state index contributed by atoms with van der Waals surface area (Å²) >= 11 is 2.03. The van der Waals surface area contributed by atoms with Crippen LogP contribution >= 0.6 is 11.8 Å². The molecule has 2 heterocycles. The number of nitrogen functional groups attached to an aromatic ring is 1. The highest BCUT2D eigenvalue weighted by Crippen LogP contribution is 2.47. The van der Waals surface area contributed by atoms with Crippen molar-refractivity contribution in [2.45, 2.75) is 50.5 Å². The number of hydrogen-bond donors (Lipinski definition) is 1. The fourth-order valence-electron chi connectivity index (χ4n) is 3.12. The molecular formula is C22H32N4OS. The molecule has 0 bridgehead atoms. The predicted octanol–water partition coefficient (Wildman–Crippen LogP) is 4.72. The van der Waals surface area contributed by atoms with Gasteiger partial charge in [-0.05, 0) is 51.0 Å². The van der Waals surface area contributed by atoms with Crippen molar-refractivity contribution >= 4 is 23.3 Å². The summed E-state index contributed by atoms with van der Waals surface area (Å²) in [6.07, 6.45) is 2.64. The lowest BCUT2D eigenvalue weighted by Gasteiger charge is -2.30. The quantitative estimate of drug-likeness (QED) is 0.733. The molecule has 1 aliphatic carbocycles. The van der Waals surface area contributed by atoms with Crippen LogP contribution in [0.2, 0.25) is 0 Å². The SMILES string of the molecule is CC.CC(C)(SC1CC1)c1cc(N2CCOCC2)nc(-c2ccc(N)cc2)n1. The van der Waals surface area contributed by atoms with Gasteiger partial charge in [-0.3, -0.25) is 0 Å². The van der Waals surface area contributed by atoms with Crippen LogP contribution < -0.4 is 10.6 Å². The van der Waals surface area contributed by atoms with Crippen LogP contribution in [0.3, 0.4) is 0 Å². The van der Waals surface area contributed by atoms with Gasteiger partial charge in [0, 0.05) is 35.7 Å². The molecule has 1 aromatic heterocycles. The van der Waals surface area contributed by atoms with E-state index in [0.717, 1.165) is 60.1 Å². The van der Waals surface area contributed by atoms with Gasteiger partial charge in [0.25, 0.3) is 0 Å². The summed E-state index contributed by atoms with van der Waals surface area (Å²) in [5, 5.41) is 0.770. The van der Waals surface area contributed by atoms with Gasteiger partial charge in [0.15, 0.2) is 5.82 Å². The fraction of sp³-hybridized carbons (Fsp3) is 0.545. The molecule has 2 N–H and O–H groups in total. The summed E-state index contributed by atoms with van der Waals surface area (Å²) in [6.45, 7) is 11.8. The van der Waals surface area contributed by atoms with Gasteiger partial charge in [0.1, 0.15) is 5.82 Å². The summed E-state index contributed by atoms with van der Waals surface area (Å²) in [5.41, 5.74) is 8.70. The summed E-state index contributed by atoms with van der Waals surface area (Å²) in [7, 11) is 0. The average Bonchev–Trinajstić information content (AvgIpc) is 3.54. The highest BCUT2D eigenvalue weighted by molar-refractivity contribution is 8.01. The predicted molar refractivity (Wildman–Crippen MR) is 120 cm³/mol. The Bertz CT molecular complexity index is 769. The molecule has 0 spiro atoms. The Kier molecular flexibility index (Phi) is 6.83. The molecule has 0 amide bonds. The van der Waals surface area contributed by atoms with Crippen molar-refractivity contribution in [3.8, 4) is 11.4 Å². The number of ether oxygens (including phenoxy) is 1. The van der Waals surface area contributed by atoms with Gasteiger partial charge in [-0.25, -0.2) is 9.97 Å². The van der Waals surface area contributed by atoms with Crippen LogP contribution in [0.4, 0.5) is 11.5 Å². The molecule has 2 fully saturated rings. The van der Waals surface area contributed by atoms with E-state index >= 15 is 0 Å². The van der Waals surface area contributed by atoms with E-state index in [1.165, 1.54) is 12.8 Å². The largest absolute Gasteiger partial charge is 0.399 e. The second-order valence-corrected chi connectivity index (χ2v) is 9.41. The van der Waals surface area contributed by atoms with Gasteiger partial charge in [0.05, 0.1) is 23.7 Å². The van der Waals surface area contributed by atoms with Gasteiger partial charge < -0.3 is 15.4 Å². The minimum atomic E-state index is -0.0340. The average molecular weight is 401 g/mol. The number of nitrogens with zero attached hydrogens (tertiary/aromatic N) is 3. The molecule has 2 aliphatic rings. The highest BCUT2D eigenvalue weighted by atomic mass is 32.2. The molecule has 28 heavy (non-hydrogen) atoms. The number of rotatable bonds is 5. The molecule has 152 valence electrons. The molecule has 2 aromatic rings. The van der Waals surface area contributed by atoms with E-state index in [4.69, 9.17) is 20.4 Å². The minimum Gasteiger partial charge on any atom is -0.399 e. The molecule has 6 heteroatoms. The number of nitrogens with two attached hydrogens (primary N) is 1. The number of thioether (sulfide) groups is 1. The molecule has 1 aliphatic heterocycles. The second kappa shape index (κ2) is 9.14. The van der Waals surface area contributed by atoms with Crippen molar-refractivity contribution in [2.24, 2.45) is 0 Å². The van der Waals surface area contributed by atoms with Crippen molar-refractivity contribution < 1.29 is 4.74 Å². The van der Waals surface area contributed by atoms with Crippen LogP contribution in [0, 0.1) is 0 Å². The van der Waals surface area contributed by atoms with Gasteiger partial charge in [-0.15, -0.1) is 11.8 Å². The smallest absolute Gasteiger partial charge is 0.161 e. The van der Waals surface area contributed by atoms with Gasteiger partial charge in [-0.1, -0.05) is 13.8 Å². The van der Waals surface area contributed by atoms with Crippen LogP contribution in [0.1, 0.15) is 46.2 Å². The monoisotopic (exact) mass is 400 g/mol. The lowest BCUT2D eigenvalue weighted by molar-refractivity contribution is 0.122. The van der Waals surface area contributed by atoms with Gasteiger partial charge in [0.2, 0.25) is 0 Å². The summed E-state index contributed by atoms with van der Waals surface area (Å²) in [4.78, 5) is 12.1. The van der Waals surface area contributed by atoms with E-state index in [9.17, 15) is 0 Å². The van der Waals surface area contributed by atoms with Crippen molar-refractivity contribution in [3.63, 3.8) is 0 Å². The van der Waals surface area contributed by atoms with Crippen molar-refractivity contribution in [2.75, 3.05) is 36.9 Å². The molecule has 0 radical (unpaired) electrons. The Hall–Kier alpha value is -1.79. The van der Waals surface area contributed by atoms with Crippen LogP contribution in [0.15, 0.2) is 30.3 Å². The minimum absolute atomic E-state index is 0.0340. The zero-order valence-electron chi connectivity index (χ0n) is 17.4. The third-order valence-corrected chi connectivity index (χ3v) is 6.42. The lowest BCUT2D eigenvalue weighted by atomic mass is 10.1. The van der Waals surface area contributed by atoms with E-state index < -0.39 is 0 Å². The molecule has 1 saturated heterocycles. The van der Waals surface area contributed by atoms with Crippen LogP contribution in [0.25, 0.3) is 11.4 Å². The van der Waals surface area contributed by atoms with Gasteiger partial charge in [-0.2, -0.15) is 0 Å². The van der Waals surface area contributed by atoms with Crippen molar-refractivity contribution in [3.05, 3.63) is 36.0 Å². The van der Waals surface area contributed by atoms with Crippen molar-refractivity contribution in [1.82, 2.24) is 9.97 Å². The summed E-state index contributed by atoms with van der Waals surface area (Å²) in [6, 6.07) is 9.98. The van der Waals surface area contributed by atoms with E-state index in [1.807, 2.05) is 49.9 Å². The first kappa shape index (κ1) is 20.9. The molecular weight excluding hydrogens is 368 g/mol. The Morgan fingerprint density at radius 2 is 1.71 bits per heavy atom. The van der Waals surface area contributed by atoms with Gasteiger partial charge >= 0.3 is 0 Å². The number of morpholine rings is 1. The third kappa shape index (κ3) is 5.17. The molecule has 0 atom stereocenters. The Morgan fingerprint density at radius 1 is 1.07 bits per heavy atom. The number of benzene rings is 1. The zero-order chi connectivity index (χ0) is 20.1. The maximum absolute atomic E-state index is 5.85. The second-order valence-electron chi connectivity index (χ2n) is 7.48. The number of aromatic nitrogens is 2. The highest BCUT2D eigenvalue weighted by Gasteiger charge is 2.34. The first-order chi connectivity index (χ1) is 13.5. The maximum Gasteiger partial charge on any atom is 0.161 e.